The van der Waals surface area contributed by atoms with Gasteiger partial charge in [0.2, 0.25) is 0 Å². The molecule has 1 fully saturated rings. The monoisotopic (exact) mass is 705 g/mol. The number of nitrogens with one attached hydrogen (secondary N) is 2. The van der Waals surface area contributed by atoms with Crippen LogP contribution in [-0.2, 0) is 29.2 Å². The van der Waals surface area contributed by atoms with Gasteiger partial charge in [-0.1, -0.05) is 140 Å². The van der Waals surface area contributed by atoms with Crippen LogP contribution in [0.3, 0.4) is 0 Å². The van der Waals surface area contributed by atoms with E-state index in [-0.39, 0.29) is 30.9 Å². The predicted molar refractivity (Wildman–Crippen MR) is 211 cm³/mol. The van der Waals surface area contributed by atoms with Gasteiger partial charge in [-0.15, -0.1) is 0 Å². The number of ether oxygens (including phenoxy) is 2. The molecule has 0 bridgehead atoms. The number of benzene rings is 6. The number of carbonyl (C=O) groups is 1. The molecule has 0 spiro atoms. The van der Waals surface area contributed by atoms with Gasteiger partial charge in [-0.3, -0.25) is 4.90 Å². The summed E-state index contributed by atoms with van der Waals surface area (Å²) in [7, 11) is 2.16. The number of carbonyl (C=O) groups excluding carboxylic acids is 1. The number of aliphatic hydroxyl groups is 1. The Bertz CT molecular complexity index is 2100. The van der Waals surface area contributed by atoms with E-state index in [4.69, 9.17) is 9.47 Å². The Labute approximate surface area is 312 Å². The number of fused-ring (bicyclic) bond motifs is 1. The van der Waals surface area contributed by atoms with Gasteiger partial charge in [0.25, 0.3) is 0 Å². The topological polar surface area (TPSA) is 83.1 Å². The highest BCUT2D eigenvalue weighted by molar-refractivity contribution is 5.83. The Morgan fingerprint density at radius 3 is 2.19 bits per heavy atom. The molecule has 1 saturated heterocycles. The van der Waals surface area contributed by atoms with Crippen molar-refractivity contribution in [1.29, 1.82) is 0 Å². The Morgan fingerprint density at radius 1 is 0.736 bits per heavy atom. The van der Waals surface area contributed by atoms with Crippen molar-refractivity contribution in [2.24, 2.45) is 0 Å². The molecule has 0 aromatic heterocycles. The molecule has 6 aromatic rings. The Morgan fingerprint density at radius 2 is 1.42 bits per heavy atom. The average Bonchev–Trinajstić information content (AvgIpc) is 3.22. The highest BCUT2D eigenvalue weighted by Crippen LogP contribution is 2.39. The van der Waals surface area contributed by atoms with Crippen molar-refractivity contribution in [3.8, 4) is 11.1 Å². The van der Waals surface area contributed by atoms with Crippen molar-refractivity contribution in [2.75, 3.05) is 13.6 Å². The zero-order chi connectivity index (χ0) is 36.6. The Balaban J connectivity index is 1.05. The molecule has 4 atom stereocenters. The summed E-state index contributed by atoms with van der Waals surface area (Å²) in [5, 5.41) is 18.1. The molecule has 0 aliphatic carbocycles. The highest BCUT2D eigenvalue weighted by atomic mass is 16.7. The highest BCUT2D eigenvalue weighted by Gasteiger charge is 2.33. The van der Waals surface area contributed by atoms with E-state index in [0.717, 1.165) is 45.5 Å². The molecule has 2 amide bonds. The van der Waals surface area contributed by atoms with Crippen molar-refractivity contribution in [2.45, 2.75) is 57.6 Å². The molecule has 270 valence electrons. The fraction of sp³-hybridized carbons (Fsp3) is 0.239. The number of amides is 2. The quantitative estimate of drug-likeness (QED) is 0.118. The molecule has 1 aliphatic heterocycles. The van der Waals surface area contributed by atoms with Gasteiger partial charge in [0.05, 0.1) is 18.8 Å². The maximum absolute atomic E-state index is 12.6. The van der Waals surface area contributed by atoms with Gasteiger partial charge in [0.1, 0.15) is 0 Å². The third-order valence-corrected chi connectivity index (χ3v) is 10.3. The molecule has 3 N–H and O–H groups in total. The number of hydrogen-bond donors (Lipinski definition) is 3. The molecular formula is C46H47N3O4. The Hall–Kier alpha value is -5.31. The van der Waals surface area contributed by atoms with Crippen molar-refractivity contribution in [1.82, 2.24) is 15.5 Å². The van der Waals surface area contributed by atoms with Crippen molar-refractivity contribution in [3.63, 3.8) is 0 Å². The molecule has 7 heteroatoms. The molecule has 7 nitrogen and oxygen atoms in total. The van der Waals surface area contributed by atoms with E-state index < -0.39 is 6.29 Å². The third-order valence-electron chi connectivity index (χ3n) is 10.3. The van der Waals surface area contributed by atoms with E-state index in [1.165, 1.54) is 16.3 Å². The van der Waals surface area contributed by atoms with E-state index in [1.54, 1.807) is 0 Å². The lowest BCUT2D eigenvalue weighted by molar-refractivity contribution is -0.253. The van der Waals surface area contributed by atoms with Gasteiger partial charge in [0, 0.05) is 37.7 Å². The summed E-state index contributed by atoms with van der Waals surface area (Å²) in [6.07, 6.45) is -0.0970. The van der Waals surface area contributed by atoms with Gasteiger partial charge in [0.15, 0.2) is 6.29 Å². The van der Waals surface area contributed by atoms with Gasteiger partial charge in [-0.25, -0.2) is 4.79 Å². The fourth-order valence-electron chi connectivity index (χ4n) is 7.03. The van der Waals surface area contributed by atoms with Crippen LogP contribution in [-0.4, -0.2) is 35.7 Å². The minimum atomic E-state index is -0.556. The minimum Gasteiger partial charge on any atom is -0.392 e. The number of urea groups is 1. The lowest BCUT2D eigenvalue weighted by Gasteiger charge is -2.39. The number of likely N-dealkylation sites (N-methyl/N-ethyl adjacent to an activating group) is 1. The first-order valence-electron chi connectivity index (χ1n) is 18.4. The van der Waals surface area contributed by atoms with Crippen LogP contribution in [0.4, 0.5) is 4.79 Å². The molecule has 7 rings (SSSR count). The predicted octanol–water partition coefficient (Wildman–Crippen LogP) is 9.24. The normalized spacial score (nSPS) is 17.8. The Kier molecular flexibility index (Phi) is 11.6. The molecule has 53 heavy (non-hydrogen) atoms. The number of nitrogens with zero attached hydrogens (tertiary/aromatic N) is 1. The smallest absolute Gasteiger partial charge is 0.315 e. The maximum atomic E-state index is 12.6. The van der Waals surface area contributed by atoms with Crippen LogP contribution in [0, 0.1) is 0 Å². The van der Waals surface area contributed by atoms with Crippen molar-refractivity contribution >= 4 is 16.8 Å². The second-order valence-electron chi connectivity index (χ2n) is 13.9. The van der Waals surface area contributed by atoms with E-state index in [0.29, 0.717) is 19.5 Å². The molecule has 0 radical (unpaired) electrons. The molecule has 0 unspecified atom stereocenters. The standard InChI is InChI=1S/C46H47N3O4/c1-32(39-25-20-35-12-6-7-13-40(35)26-39)49(2)30-42-27-44(37-18-16-34(31-50)17-19-37)53-45(52-42)38-23-21-36(22-24-38)43-15-9-8-14-41(43)29-48-46(51)47-28-33-10-4-3-5-11-33/h3-26,32,42,44-45,50H,27-31H2,1-2H3,(H2,47,48,51)/t32-,42-,44+,45+/m1/s1. The first-order valence-corrected chi connectivity index (χ1v) is 18.4. The second kappa shape index (κ2) is 17.0. The molecule has 0 saturated carbocycles. The van der Waals surface area contributed by atoms with Gasteiger partial charge >= 0.3 is 6.03 Å². The van der Waals surface area contributed by atoms with Crippen LogP contribution in [0.15, 0.2) is 146 Å². The molecular weight excluding hydrogens is 659 g/mol. The minimum absolute atomic E-state index is 0.00458. The van der Waals surface area contributed by atoms with Gasteiger partial charge in [-0.05, 0) is 69.8 Å². The summed E-state index contributed by atoms with van der Waals surface area (Å²) in [6.45, 7) is 3.85. The SMILES string of the molecule is C[C@H](c1ccc2ccccc2c1)N(C)C[C@H]1C[C@@H](c2ccc(CO)cc2)O[C@@H](c2ccc(-c3ccccc3CNC(=O)NCc3ccccc3)cc2)O1. The van der Waals surface area contributed by atoms with Crippen LogP contribution in [0.1, 0.15) is 65.2 Å². The van der Waals surface area contributed by atoms with Crippen LogP contribution >= 0.6 is 0 Å². The molecule has 1 heterocycles. The van der Waals surface area contributed by atoms with Crippen LogP contribution in [0.5, 0.6) is 0 Å². The zero-order valence-corrected chi connectivity index (χ0v) is 30.3. The van der Waals surface area contributed by atoms with Gasteiger partial charge < -0.3 is 25.2 Å². The lowest BCUT2D eigenvalue weighted by Crippen LogP contribution is -2.38. The summed E-state index contributed by atoms with van der Waals surface area (Å²) in [5.41, 5.74) is 8.32. The zero-order valence-electron chi connectivity index (χ0n) is 30.3. The van der Waals surface area contributed by atoms with Crippen molar-refractivity contribution < 1.29 is 19.4 Å². The lowest BCUT2D eigenvalue weighted by atomic mass is 9.97. The number of rotatable bonds is 12. The molecule has 6 aromatic carbocycles. The summed E-state index contributed by atoms with van der Waals surface area (Å²) in [4.78, 5) is 15.0. The van der Waals surface area contributed by atoms with E-state index in [9.17, 15) is 9.90 Å². The van der Waals surface area contributed by atoms with Crippen LogP contribution < -0.4 is 10.6 Å². The largest absolute Gasteiger partial charge is 0.392 e. The average molecular weight is 706 g/mol. The van der Waals surface area contributed by atoms with Crippen LogP contribution in [0.25, 0.3) is 21.9 Å². The number of aliphatic hydroxyl groups excluding tert-OH is 1. The fourth-order valence-corrected chi connectivity index (χ4v) is 7.03. The molecule has 1 aliphatic rings. The second-order valence-corrected chi connectivity index (χ2v) is 13.9. The maximum Gasteiger partial charge on any atom is 0.315 e. The van der Waals surface area contributed by atoms with E-state index in [1.807, 2.05) is 72.8 Å². The van der Waals surface area contributed by atoms with E-state index >= 15 is 0 Å². The number of hydrogen-bond acceptors (Lipinski definition) is 5. The van der Waals surface area contributed by atoms with Gasteiger partial charge in [-0.2, -0.15) is 0 Å². The van der Waals surface area contributed by atoms with Crippen molar-refractivity contribution in [3.05, 3.63) is 179 Å². The van der Waals surface area contributed by atoms with E-state index in [2.05, 4.69) is 102 Å². The third kappa shape index (κ3) is 9.02. The first kappa shape index (κ1) is 36.1. The summed E-state index contributed by atoms with van der Waals surface area (Å²) in [6, 6.07) is 49.5. The summed E-state index contributed by atoms with van der Waals surface area (Å²) >= 11 is 0. The first-order chi connectivity index (χ1) is 25.9. The summed E-state index contributed by atoms with van der Waals surface area (Å²) in [5.74, 6) is 0. The summed E-state index contributed by atoms with van der Waals surface area (Å²) < 4.78 is 13.4. The van der Waals surface area contributed by atoms with Crippen LogP contribution in [0.2, 0.25) is 0 Å².